The van der Waals surface area contributed by atoms with Crippen molar-refractivity contribution >= 4 is 11.3 Å². The lowest BCUT2D eigenvalue weighted by Gasteiger charge is -2.23. The maximum absolute atomic E-state index is 3.63. The minimum atomic E-state index is 0.247. The molecular formula is C15H26N2S. The molecule has 0 spiro atoms. The van der Waals surface area contributed by atoms with Crippen molar-refractivity contribution in [3.63, 3.8) is 0 Å². The number of rotatable bonds is 4. The minimum absolute atomic E-state index is 0.247. The van der Waals surface area contributed by atoms with Gasteiger partial charge in [0.2, 0.25) is 0 Å². The molecule has 1 fully saturated rings. The number of aryl methyl sites for hydroxylation is 1. The second-order valence-corrected chi connectivity index (χ2v) is 7.34. The Kier molecular flexibility index (Phi) is 4.46. The summed E-state index contributed by atoms with van der Waals surface area (Å²) in [6.07, 6.45) is 1.34. The van der Waals surface area contributed by atoms with Crippen LogP contribution in [0.5, 0.6) is 0 Å². The Morgan fingerprint density at radius 2 is 2.17 bits per heavy atom. The maximum atomic E-state index is 3.63. The average molecular weight is 266 g/mol. The summed E-state index contributed by atoms with van der Waals surface area (Å²) in [7, 11) is 0. The predicted octanol–water partition coefficient (Wildman–Crippen LogP) is 3.27. The largest absolute Gasteiger partial charge is 0.312 e. The lowest BCUT2D eigenvalue weighted by Crippen LogP contribution is -2.39. The van der Waals surface area contributed by atoms with E-state index in [4.69, 9.17) is 0 Å². The van der Waals surface area contributed by atoms with E-state index in [0.717, 1.165) is 19.0 Å². The van der Waals surface area contributed by atoms with Crippen LogP contribution in [0, 0.1) is 12.8 Å². The van der Waals surface area contributed by atoms with Gasteiger partial charge in [0.25, 0.3) is 0 Å². The first kappa shape index (κ1) is 14.0. The molecule has 18 heavy (non-hydrogen) atoms. The van der Waals surface area contributed by atoms with Gasteiger partial charge in [0.05, 0.1) is 0 Å². The maximum Gasteiger partial charge on any atom is 0.0244 e. The Balaban J connectivity index is 1.77. The highest BCUT2D eigenvalue weighted by molar-refractivity contribution is 7.08. The van der Waals surface area contributed by atoms with E-state index in [1.807, 2.05) is 11.3 Å². The van der Waals surface area contributed by atoms with Crippen molar-refractivity contribution in [3.8, 4) is 0 Å². The second kappa shape index (κ2) is 5.72. The van der Waals surface area contributed by atoms with E-state index in [9.17, 15) is 0 Å². The normalized spacial score (nSPS) is 21.7. The van der Waals surface area contributed by atoms with E-state index in [0.29, 0.717) is 0 Å². The Bertz CT molecular complexity index is 378. The fraction of sp³-hybridized carbons (Fsp3) is 0.733. The van der Waals surface area contributed by atoms with Crippen LogP contribution in [0.15, 0.2) is 10.8 Å². The summed E-state index contributed by atoms with van der Waals surface area (Å²) in [5.41, 5.74) is 3.22. The molecule has 2 rings (SSSR count). The van der Waals surface area contributed by atoms with E-state index in [-0.39, 0.29) is 5.54 Å². The number of hydrogen-bond donors (Lipinski definition) is 1. The van der Waals surface area contributed by atoms with E-state index in [2.05, 4.69) is 48.7 Å². The number of likely N-dealkylation sites (tertiary alicyclic amines) is 1. The molecule has 2 heterocycles. The summed E-state index contributed by atoms with van der Waals surface area (Å²) in [6.45, 7) is 13.8. The van der Waals surface area contributed by atoms with Crippen molar-refractivity contribution in [1.82, 2.24) is 10.2 Å². The lowest BCUT2D eigenvalue weighted by molar-refractivity contribution is 0.305. The fourth-order valence-electron chi connectivity index (χ4n) is 2.46. The van der Waals surface area contributed by atoms with Crippen LogP contribution in [0.3, 0.4) is 0 Å². The van der Waals surface area contributed by atoms with E-state index in [1.54, 1.807) is 0 Å². The van der Waals surface area contributed by atoms with Gasteiger partial charge in [-0.1, -0.05) is 0 Å². The van der Waals surface area contributed by atoms with Gasteiger partial charge < -0.3 is 5.32 Å². The summed E-state index contributed by atoms with van der Waals surface area (Å²) in [6, 6.07) is 0. The SMILES string of the molecule is Cc1cscc1CN1CCC(CNC(C)(C)C)C1. The van der Waals surface area contributed by atoms with Crippen molar-refractivity contribution in [3.05, 3.63) is 21.9 Å². The first-order chi connectivity index (χ1) is 8.44. The molecule has 1 aromatic heterocycles. The molecule has 1 aliphatic heterocycles. The van der Waals surface area contributed by atoms with Crippen LogP contribution < -0.4 is 5.32 Å². The van der Waals surface area contributed by atoms with Gasteiger partial charge in [-0.15, -0.1) is 0 Å². The molecule has 1 atom stereocenters. The van der Waals surface area contributed by atoms with Gasteiger partial charge in [-0.2, -0.15) is 11.3 Å². The summed E-state index contributed by atoms with van der Waals surface area (Å²) in [5.74, 6) is 0.822. The van der Waals surface area contributed by atoms with Crippen LogP contribution in [0.1, 0.15) is 38.3 Å². The molecular weight excluding hydrogens is 240 g/mol. The summed E-state index contributed by atoms with van der Waals surface area (Å²) in [5, 5.41) is 8.19. The quantitative estimate of drug-likeness (QED) is 0.900. The van der Waals surface area contributed by atoms with E-state index < -0.39 is 0 Å². The lowest BCUT2D eigenvalue weighted by atomic mass is 10.1. The summed E-state index contributed by atoms with van der Waals surface area (Å²) < 4.78 is 0. The Hall–Kier alpha value is -0.380. The first-order valence-corrected chi connectivity index (χ1v) is 7.87. The zero-order valence-corrected chi connectivity index (χ0v) is 12.9. The van der Waals surface area contributed by atoms with Gasteiger partial charge in [0.15, 0.2) is 0 Å². The van der Waals surface area contributed by atoms with Gasteiger partial charge in [-0.05, 0) is 75.0 Å². The summed E-state index contributed by atoms with van der Waals surface area (Å²) >= 11 is 1.82. The van der Waals surface area contributed by atoms with Crippen LogP contribution >= 0.6 is 11.3 Å². The molecule has 0 aromatic carbocycles. The molecule has 1 N–H and O–H groups in total. The Morgan fingerprint density at radius 1 is 1.39 bits per heavy atom. The average Bonchev–Trinajstić information content (AvgIpc) is 2.86. The highest BCUT2D eigenvalue weighted by atomic mass is 32.1. The summed E-state index contributed by atoms with van der Waals surface area (Å²) in [4.78, 5) is 2.60. The molecule has 0 radical (unpaired) electrons. The Morgan fingerprint density at radius 3 is 2.78 bits per heavy atom. The van der Waals surface area contributed by atoms with Crippen LogP contribution in [0.4, 0.5) is 0 Å². The highest BCUT2D eigenvalue weighted by Crippen LogP contribution is 2.22. The van der Waals surface area contributed by atoms with Crippen molar-refractivity contribution in [2.24, 2.45) is 5.92 Å². The molecule has 0 aliphatic carbocycles. The van der Waals surface area contributed by atoms with Crippen LogP contribution in [0.25, 0.3) is 0 Å². The van der Waals surface area contributed by atoms with Crippen LogP contribution in [0.2, 0.25) is 0 Å². The number of nitrogens with zero attached hydrogens (tertiary/aromatic N) is 1. The third kappa shape index (κ3) is 4.08. The molecule has 1 unspecified atom stereocenters. The predicted molar refractivity (Wildman–Crippen MR) is 80.2 cm³/mol. The van der Waals surface area contributed by atoms with Gasteiger partial charge in [-0.3, -0.25) is 4.90 Å². The molecule has 0 amide bonds. The zero-order valence-electron chi connectivity index (χ0n) is 12.1. The molecule has 102 valence electrons. The van der Waals surface area contributed by atoms with E-state index in [1.165, 1.54) is 30.6 Å². The van der Waals surface area contributed by atoms with Gasteiger partial charge in [0, 0.05) is 18.6 Å². The molecule has 2 nitrogen and oxygen atoms in total. The third-order valence-corrected chi connectivity index (χ3v) is 4.56. The number of thiophene rings is 1. The van der Waals surface area contributed by atoms with Crippen molar-refractivity contribution in [1.29, 1.82) is 0 Å². The van der Waals surface area contributed by atoms with E-state index >= 15 is 0 Å². The smallest absolute Gasteiger partial charge is 0.0244 e. The molecule has 0 saturated carbocycles. The standard InChI is InChI=1S/C15H26N2S/c1-12-10-18-11-14(12)9-17-6-5-13(8-17)7-16-15(2,3)4/h10-11,13,16H,5-9H2,1-4H3. The molecule has 1 aliphatic rings. The van der Waals surface area contributed by atoms with Crippen LogP contribution in [-0.4, -0.2) is 30.1 Å². The monoisotopic (exact) mass is 266 g/mol. The zero-order chi connectivity index (χ0) is 13.2. The molecule has 3 heteroatoms. The fourth-order valence-corrected chi connectivity index (χ4v) is 3.31. The highest BCUT2D eigenvalue weighted by Gasteiger charge is 2.24. The van der Waals surface area contributed by atoms with Crippen molar-refractivity contribution in [2.75, 3.05) is 19.6 Å². The third-order valence-electron chi connectivity index (χ3n) is 3.65. The van der Waals surface area contributed by atoms with Crippen molar-refractivity contribution < 1.29 is 0 Å². The second-order valence-electron chi connectivity index (χ2n) is 6.60. The molecule has 0 bridgehead atoms. The van der Waals surface area contributed by atoms with Gasteiger partial charge in [-0.25, -0.2) is 0 Å². The van der Waals surface area contributed by atoms with Gasteiger partial charge in [0.1, 0.15) is 0 Å². The Labute approximate surface area is 115 Å². The van der Waals surface area contributed by atoms with Crippen LogP contribution in [-0.2, 0) is 6.54 Å². The van der Waals surface area contributed by atoms with Gasteiger partial charge >= 0.3 is 0 Å². The van der Waals surface area contributed by atoms with Crippen molar-refractivity contribution in [2.45, 2.75) is 46.2 Å². The number of nitrogens with one attached hydrogen (secondary N) is 1. The molecule has 1 aromatic rings. The topological polar surface area (TPSA) is 15.3 Å². The number of hydrogen-bond acceptors (Lipinski definition) is 3. The molecule has 1 saturated heterocycles. The minimum Gasteiger partial charge on any atom is -0.312 e. The first-order valence-electron chi connectivity index (χ1n) is 6.93.